The van der Waals surface area contributed by atoms with Crippen molar-refractivity contribution in [1.29, 1.82) is 0 Å². The topological polar surface area (TPSA) is 0 Å². The zero-order valence-corrected chi connectivity index (χ0v) is 15.3. The Labute approximate surface area is 125 Å². The molecular weight excluding hydrogens is 339 g/mol. The SMILES string of the molecule is S=[As](S)(SC12CCC(CC1)C2)C12CCC(CC1)C2. The number of thiol groups is 1. The van der Waals surface area contributed by atoms with E-state index in [-0.39, 0.29) is 0 Å². The van der Waals surface area contributed by atoms with E-state index in [0.717, 1.165) is 11.8 Å². The van der Waals surface area contributed by atoms with E-state index in [1.54, 1.807) is 0 Å². The first-order valence-corrected chi connectivity index (χ1v) is 17.2. The van der Waals surface area contributed by atoms with Gasteiger partial charge in [0.15, 0.2) is 0 Å². The predicted molar refractivity (Wildman–Crippen MR) is 88.5 cm³/mol. The predicted octanol–water partition coefficient (Wildman–Crippen LogP) is 5.45. The summed E-state index contributed by atoms with van der Waals surface area (Å²) in [4.78, 5) is 0. The molecule has 4 heteroatoms. The molecule has 0 aromatic rings. The Morgan fingerprint density at radius 2 is 1.50 bits per heavy atom. The molecule has 4 fully saturated rings. The molecule has 0 amide bonds. The van der Waals surface area contributed by atoms with Crippen LogP contribution in [0, 0.1) is 11.8 Å². The van der Waals surface area contributed by atoms with E-state index >= 15 is 0 Å². The average molecular weight is 362 g/mol. The first-order valence-electron chi connectivity index (χ1n) is 7.56. The third-order valence-corrected chi connectivity index (χ3v) is 24.0. The van der Waals surface area contributed by atoms with Crippen LogP contribution in [0.1, 0.15) is 64.2 Å². The van der Waals surface area contributed by atoms with Gasteiger partial charge in [-0.25, -0.2) is 0 Å². The zero-order valence-electron chi connectivity index (χ0n) is 10.9. The molecule has 0 radical (unpaired) electrons. The second-order valence-corrected chi connectivity index (χ2v) is 26.5. The monoisotopic (exact) mass is 362 g/mol. The third kappa shape index (κ3) is 1.86. The van der Waals surface area contributed by atoms with Gasteiger partial charge in [0.05, 0.1) is 0 Å². The molecule has 1 atom stereocenters. The summed E-state index contributed by atoms with van der Waals surface area (Å²) in [6, 6.07) is 0. The van der Waals surface area contributed by atoms with Gasteiger partial charge in [-0.3, -0.25) is 0 Å². The van der Waals surface area contributed by atoms with Crippen LogP contribution in [0.5, 0.6) is 0 Å². The minimum absolute atomic E-state index is 0.571. The Morgan fingerprint density at radius 1 is 0.944 bits per heavy atom. The van der Waals surface area contributed by atoms with Crippen molar-refractivity contribution in [2.75, 3.05) is 0 Å². The summed E-state index contributed by atoms with van der Waals surface area (Å²) in [5.41, 5.74) is 0. The van der Waals surface area contributed by atoms with Crippen molar-refractivity contribution in [3.8, 4) is 0 Å². The molecule has 18 heavy (non-hydrogen) atoms. The molecule has 102 valence electrons. The molecule has 0 nitrogen and oxygen atoms in total. The van der Waals surface area contributed by atoms with Crippen LogP contribution in [-0.4, -0.2) is 14.3 Å². The first kappa shape index (κ1) is 13.2. The van der Waals surface area contributed by atoms with E-state index in [1.807, 2.05) is 0 Å². The molecule has 4 aliphatic carbocycles. The summed E-state index contributed by atoms with van der Waals surface area (Å²) in [5, 5.41) is 0. The van der Waals surface area contributed by atoms with Gasteiger partial charge in [-0.15, -0.1) is 0 Å². The molecule has 0 aromatic heterocycles. The summed E-state index contributed by atoms with van der Waals surface area (Å²) in [5.74, 6) is 2.08. The molecule has 4 saturated carbocycles. The summed E-state index contributed by atoms with van der Waals surface area (Å²) < 4.78 is 1.18. The summed E-state index contributed by atoms with van der Waals surface area (Å²) in [7, 11) is 11.6. The molecular formula is C14H23AsS3. The van der Waals surface area contributed by atoms with Crippen LogP contribution < -0.4 is 0 Å². The van der Waals surface area contributed by atoms with Gasteiger partial charge in [-0.05, 0) is 0 Å². The average Bonchev–Trinajstić information content (AvgIpc) is 3.08. The summed E-state index contributed by atoms with van der Waals surface area (Å²) in [6.45, 7) is 0. The van der Waals surface area contributed by atoms with Gasteiger partial charge in [-0.1, -0.05) is 0 Å². The Bertz CT molecular complexity index is 403. The van der Waals surface area contributed by atoms with E-state index in [0.29, 0.717) is 8.95 Å². The second-order valence-electron chi connectivity index (χ2n) is 7.31. The number of rotatable bonds is 3. The molecule has 0 spiro atoms. The van der Waals surface area contributed by atoms with Gasteiger partial charge < -0.3 is 0 Å². The van der Waals surface area contributed by atoms with Crippen LogP contribution in [0.15, 0.2) is 0 Å². The molecule has 1 unspecified atom stereocenters. The molecule has 4 rings (SSSR count). The number of fused-ring (bicyclic) bond motifs is 4. The van der Waals surface area contributed by atoms with Crippen molar-refractivity contribution in [2.45, 2.75) is 73.2 Å². The maximum atomic E-state index is 6.23. The van der Waals surface area contributed by atoms with Crippen molar-refractivity contribution >= 4 is 40.9 Å². The molecule has 0 aromatic carbocycles. The van der Waals surface area contributed by atoms with E-state index in [2.05, 4.69) is 10.0 Å². The van der Waals surface area contributed by atoms with Crippen LogP contribution in [0.25, 0.3) is 0 Å². The number of hydrogen-bond donors (Lipinski definition) is 1. The third-order valence-electron chi connectivity index (χ3n) is 6.30. The van der Waals surface area contributed by atoms with E-state index in [4.69, 9.17) is 21.3 Å². The Morgan fingerprint density at radius 3 is 1.94 bits per heavy atom. The molecule has 4 bridgehead atoms. The van der Waals surface area contributed by atoms with Crippen LogP contribution in [0.3, 0.4) is 0 Å². The molecule has 4 aliphatic rings. The van der Waals surface area contributed by atoms with Crippen LogP contribution in [0.4, 0.5) is 0 Å². The Balaban J connectivity index is 1.58. The molecule has 0 heterocycles. The van der Waals surface area contributed by atoms with Gasteiger partial charge >= 0.3 is 126 Å². The summed E-state index contributed by atoms with van der Waals surface area (Å²) >= 11 is 0. The van der Waals surface area contributed by atoms with E-state index in [9.17, 15) is 0 Å². The van der Waals surface area contributed by atoms with Gasteiger partial charge in [-0.2, -0.15) is 0 Å². The van der Waals surface area contributed by atoms with Crippen LogP contribution in [-0.2, 0) is 0 Å². The van der Waals surface area contributed by atoms with Crippen LogP contribution in [0.2, 0.25) is 4.20 Å². The second kappa shape index (κ2) is 4.24. The van der Waals surface area contributed by atoms with Crippen molar-refractivity contribution in [3.63, 3.8) is 0 Å². The van der Waals surface area contributed by atoms with Gasteiger partial charge in [0.2, 0.25) is 0 Å². The number of hydrogen-bond acceptors (Lipinski definition) is 2. The molecule has 0 saturated heterocycles. The fourth-order valence-corrected chi connectivity index (χ4v) is 24.8. The van der Waals surface area contributed by atoms with Crippen molar-refractivity contribution < 1.29 is 0 Å². The molecule has 0 aliphatic heterocycles. The van der Waals surface area contributed by atoms with Crippen LogP contribution >= 0.6 is 31.3 Å². The van der Waals surface area contributed by atoms with Gasteiger partial charge in [0.25, 0.3) is 0 Å². The fraction of sp³-hybridized carbons (Fsp3) is 1.00. The van der Waals surface area contributed by atoms with Crippen molar-refractivity contribution in [3.05, 3.63) is 0 Å². The Kier molecular flexibility index (Phi) is 3.10. The summed E-state index contributed by atoms with van der Waals surface area (Å²) in [6.07, 6.45) is 14.6. The quantitative estimate of drug-likeness (QED) is 0.523. The molecule has 0 N–H and O–H groups in total. The van der Waals surface area contributed by atoms with E-state index in [1.165, 1.54) is 64.2 Å². The van der Waals surface area contributed by atoms with Crippen molar-refractivity contribution in [2.24, 2.45) is 11.8 Å². The maximum absolute atomic E-state index is 6.23. The zero-order chi connectivity index (χ0) is 12.4. The normalized spacial score (nSPS) is 52.9. The fourth-order valence-electron chi connectivity index (χ4n) is 5.18. The van der Waals surface area contributed by atoms with E-state index < -0.39 is 9.56 Å². The standard InChI is InChI=1S/C14H23AsS3/c16-15(17,13-5-1-11(9-13)2-6-13)18-14-7-3-12(10-14)4-8-14/h11-12H,1-10H2,(H,16,17). The minimum atomic E-state index is -2.20. The first-order chi connectivity index (χ1) is 8.53. The van der Waals surface area contributed by atoms with Gasteiger partial charge in [0.1, 0.15) is 0 Å². The van der Waals surface area contributed by atoms with Crippen molar-refractivity contribution in [1.82, 2.24) is 0 Å². The van der Waals surface area contributed by atoms with Gasteiger partial charge in [0, 0.05) is 0 Å². The Hall–Kier alpha value is 1.48.